The number of nitrogens with one attached hydrogen (secondary N) is 2. The van der Waals surface area contributed by atoms with E-state index in [-0.39, 0.29) is 24.2 Å². The summed E-state index contributed by atoms with van der Waals surface area (Å²) in [4.78, 5) is 52.0. The van der Waals surface area contributed by atoms with Crippen LogP contribution in [0, 0.1) is 5.92 Å². The van der Waals surface area contributed by atoms with Crippen molar-refractivity contribution in [2.24, 2.45) is 5.92 Å². The van der Waals surface area contributed by atoms with Gasteiger partial charge in [-0.2, -0.15) is 0 Å². The number of esters is 1. The van der Waals surface area contributed by atoms with E-state index < -0.39 is 35.7 Å². The number of benzene rings is 1. The van der Waals surface area contributed by atoms with Crippen LogP contribution in [0.4, 0.5) is 4.79 Å². The zero-order valence-corrected chi connectivity index (χ0v) is 19.6. The van der Waals surface area contributed by atoms with Gasteiger partial charge in [0.05, 0.1) is 7.11 Å². The van der Waals surface area contributed by atoms with Crippen LogP contribution in [-0.4, -0.2) is 66.7 Å². The third kappa shape index (κ3) is 6.24. The Labute approximate surface area is 194 Å². The van der Waals surface area contributed by atoms with Gasteiger partial charge in [-0.15, -0.1) is 0 Å². The van der Waals surface area contributed by atoms with E-state index >= 15 is 0 Å². The molecule has 9 heteroatoms. The van der Waals surface area contributed by atoms with Gasteiger partial charge in [-0.05, 0) is 45.6 Å². The summed E-state index contributed by atoms with van der Waals surface area (Å²) in [6.07, 6.45) is 0.551. The highest BCUT2D eigenvalue weighted by atomic mass is 16.6. The fourth-order valence-corrected chi connectivity index (χ4v) is 4.35. The summed E-state index contributed by atoms with van der Waals surface area (Å²) < 4.78 is 10.4. The zero-order valence-electron chi connectivity index (χ0n) is 19.6. The van der Waals surface area contributed by atoms with Gasteiger partial charge in [0.25, 0.3) is 0 Å². The molecule has 0 spiro atoms. The van der Waals surface area contributed by atoms with Crippen molar-refractivity contribution in [3.63, 3.8) is 0 Å². The Morgan fingerprint density at radius 3 is 2.48 bits per heavy atom. The molecule has 2 N–H and O–H groups in total. The lowest BCUT2D eigenvalue weighted by Gasteiger charge is -2.29. The van der Waals surface area contributed by atoms with E-state index in [0.29, 0.717) is 25.9 Å². The van der Waals surface area contributed by atoms with Crippen molar-refractivity contribution < 1.29 is 28.7 Å². The van der Waals surface area contributed by atoms with Gasteiger partial charge in [0, 0.05) is 24.9 Å². The summed E-state index contributed by atoms with van der Waals surface area (Å²) in [5, 5.41) is 5.47. The molecule has 0 aromatic heterocycles. The molecule has 9 nitrogen and oxygen atoms in total. The minimum atomic E-state index is -0.979. The molecule has 1 aromatic carbocycles. The van der Waals surface area contributed by atoms with Crippen LogP contribution in [0.25, 0.3) is 0 Å². The molecule has 0 unspecified atom stereocenters. The van der Waals surface area contributed by atoms with Gasteiger partial charge in [0.1, 0.15) is 17.7 Å². The van der Waals surface area contributed by atoms with Crippen LogP contribution in [0.2, 0.25) is 0 Å². The Bertz CT molecular complexity index is 882. The molecule has 4 atom stereocenters. The molecule has 180 valence electrons. The molecule has 2 saturated heterocycles. The van der Waals surface area contributed by atoms with E-state index in [0.717, 1.165) is 5.56 Å². The van der Waals surface area contributed by atoms with Crippen LogP contribution in [-0.2, 0) is 23.9 Å². The predicted octanol–water partition coefficient (Wildman–Crippen LogP) is 1.96. The maximum atomic E-state index is 13.3. The quantitative estimate of drug-likeness (QED) is 0.629. The number of amides is 3. The maximum Gasteiger partial charge on any atom is 0.410 e. The summed E-state index contributed by atoms with van der Waals surface area (Å²) in [6, 6.07) is 7.89. The van der Waals surface area contributed by atoms with E-state index in [1.807, 2.05) is 30.3 Å². The fourth-order valence-electron chi connectivity index (χ4n) is 4.35. The second-order valence-electron chi connectivity index (χ2n) is 9.59. The van der Waals surface area contributed by atoms with Crippen molar-refractivity contribution in [2.75, 3.05) is 20.2 Å². The molecule has 2 fully saturated rings. The highest BCUT2D eigenvalue weighted by molar-refractivity contribution is 5.91. The summed E-state index contributed by atoms with van der Waals surface area (Å²) in [7, 11) is 1.24. The van der Waals surface area contributed by atoms with Crippen LogP contribution >= 0.6 is 0 Å². The lowest BCUT2D eigenvalue weighted by Crippen LogP contribution is -2.52. The second-order valence-corrected chi connectivity index (χ2v) is 9.59. The number of ether oxygens (including phenoxy) is 2. The van der Waals surface area contributed by atoms with Crippen molar-refractivity contribution in [3.8, 4) is 0 Å². The Hall–Kier alpha value is -3.10. The number of rotatable bonds is 6. The van der Waals surface area contributed by atoms with Gasteiger partial charge in [-0.25, -0.2) is 9.59 Å². The first-order valence-corrected chi connectivity index (χ1v) is 11.3. The number of carbonyl (C=O) groups excluding carboxylic acids is 4. The van der Waals surface area contributed by atoms with Gasteiger partial charge < -0.3 is 20.1 Å². The highest BCUT2D eigenvalue weighted by Gasteiger charge is 2.43. The van der Waals surface area contributed by atoms with Gasteiger partial charge in [0.15, 0.2) is 0 Å². The molecule has 3 rings (SSSR count). The molecule has 1 aromatic rings. The van der Waals surface area contributed by atoms with Gasteiger partial charge in [-0.1, -0.05) is 30.3 Å². The lowest BCUT2D eigenvalue weighted by atomic mass is 9.95. The second kappa shape index (κ2) is 10.2. The highest BCUT2D eigenvalue weighted by Crippen LogP contribution is 2.33. The Balaban J connectivity index is 1.78. The predicted molar refractivity (Wildman–Crippen MR) is 120 cm³/mol. The summed E-state index contributed by atoms with van der Waals surface area (Å²) in [5.74, 6) is -1.65. The van der Waals surface area contributed by atoms with E-state index in [4.69, 9.17) is 9.47 Å². The molecule has 33 heavy (non-hydrogen) atoms. The molecular weight excluding hydrogens is 426 g/mol. The van der Waals surface area contributed by atoms with E-state index in [1.165, 1.54) is 12.0 Å². The number of methoxy groups -OCH3 is 1. The first-order chi connectivity index (χ1) is 15.6. The van der Waals surface area contributed by atoms with Crippen molar-refractivity contribution in [3.05, 3.63) is 35.9 Å². The summed E-state index contributed by atoms with van der Waals surface area (Å²) in [6.45, 7) is 6.17. The Kier molecular flexibility index (Phi) is 7.61. The molecule has 2 aliphatic rings. The SMILES string of the molecule is COC(=O)[C@H](C[C@@H]1CCNC1=O)NC(=O)[C@@H]1C[C@@H](c2ccccc2)CN1C(=O)OC(C)(C)C. The van der Waals surface area contributed by atoms with Gasteiger partial charge >= 0.3 is 12.1 Å². The normalized spacial score (nSPS) is 23.6. The van der Waals surface area contributed by atoms with Crippen molar-refractivity contribution >= 4 is 23.9 Å². The van der Waals surface area contributed by atoms with Crippen LogP contribution in [0.15, 0.2) is 30.3 Å². The number of carbonyl (C=O) groups is 4. The minimum Gasteiger partial charge on any atom is -0.467 e. The zero-order chi connectivity index (χ0) is 24.2. The van der Waals surface area contributed by atoms with E-state index in [2.05, 4.69) is 10.6 Å². The average molecular weight is 460 g/mol. The summed E-state index contributed by atoms with van der Waals surface area (Å²) in [5.41, 5.74) is 0.307. The third-order valence-electron chi connectivity index (χ3n) is 5.99. The van der Waals surface area contributed by atoms with Crippen molar-refractivity contribution in [2.45, 2.75) is 63.6 Å². The smallest absolute Gasteiger partial charge is 0.410 e. The largest absolute Gasteiger partial charge is 0.467 e. The molecule has 3 amide bonds. The molecule has 0 aliphatic carbocycles. The molecule has 0 radical (unpaired) electrons. The number of hydrogen-bond donors (Lipinski definition) is 2. The van der Waals surface area contributed by atoms with Gasteiger partial charge in [-0.3, -0.25) is 14.5 Å². The summed E-state index contributed by atoms with van der Waals surface area (Å²) >= 11 is 0. The molecule has 0 bridgehead atoms. The van der Waals surface area contributed by atoms with E-state index in [9.17, 15) is 19.2 Å². The maximum absolute atomic E-state index is 13.3. The first-order valence-electron chi connectivity index (χ1n) is 11.3. The van der Waals surface area contributed by atoms with Crippen LogP contribution < -0.4 is 10.6 Å². The lowest BCUT2D eigenvalue weighted by molar-refractivity contribution is -0.146. The van der Waals surface area contributed by atoms with Crippen molar-refractivity contribution in [1.82, 2.24) is 15.5 Å². The Morgan fingerprint density at radius 2 is 1.91 bits per heavy atom. The molecular formula is C24H33N3O6. The van der Waals surface area contributed by atoms with Crippen molar-refractivity contribution in [1.29, 1.82) is 0 Å². The standard InChI is InChI=1S/C24H33N3O6/c1-24(2,3)33-23(31)27-14-17(15-8-6-5-7-9-15)13-19(27)21(29)26-18(22(30)32-4)12-16-10-11-25-20(16)28/h5-9,16-19H,10-14H2,1-4H3,(H,25,28)(H,26,29)/t16-,17+,18-,19-/m0/s1. The number of hydrogen-bond acceptors (Lipinski definition) is 6. The van der Waals surface area contributed by atoms with Crippen LogP contribution in [0.1, 0.15) is 51.5 Å². The van der Waals surface area contributed by atoms with E-state index in [1.54, 1.807) is 20.8 Å². The number of nitrogens with zero attached hydrogens (tertiary/aromatic N) is 1. The molecule has 2 aliphatic heterocycles. The van der Waals surface area contributed by atoms with Gasteiger partial charge in [0.2, 0.25) is 11.8 Å². The topological polar surface area (TPSA) is 114 Å². The van der Waals surface area contributed by atoms with Crippen LogP contribution in [0.5, 0.6) is 0 Å². The third-order valence-corrected chi connectivity index (χ3v) is 5.99. The number of likely N-dealkylation sites (tertiary alicyclic amines) is 1. The van der Waals surface area contributed by atoms with Crippen LogP contribution in [0.3, 0.4) is 0 Å². The fraction of sp³-hybridized carbons (Fsp3) is 0.583. The first kappa shape index (κ1) is 24.5. The molecule has 2 heterocycles. The average Bonchev–Trinajstić information content (AvgIpc) is 3.39. The Morgan fingerprint density at radius 1 is 1.21 bits per heavy atom. The minimum absolute atomic E-state index is 0.0494. The molecule has 0 saturated carbocycles. The monoisotopic (exact) mass is 459 g/mol.